The fourth-order valence-corrected chi connectivity index (χ4v) is 2.53. The standard InChI is InChI=1S/C14H20N2O2/c1-16(11-14(18)6-2-3-7-14)13(17)10-12-4-8-15-9-5-12/h4-5,8-9,18H,2-3,6-7,10-11H2,1H3. The molecule has 1 fully saturated rings. The van der Waals surface area contributed by atoms with E-state index >= 15 is 0 Å². The molecule has 0 radical (unpaired) electrons. The normalized spacial score (nSPS) is 17.7. The maximum atomic E-state index is 12.0. The summed E-state index contributed by atoms with van der Waals surface area (Å²) < 4.78 is 0. The van der Waals surface area contributed by atoms with Crippen LogP contribution in [-0.2, 0) is 11.2 Å². The van der Waals surface area contributed by atoms with Gasteiger partial charge in [0, 0.05) is 26.0 Å². The van der Waals surface area contributed by atoms with Crippen molar-refractivity contribution in [3.05, 3.63) is 30.1 Å². The smallest absolute Gasteiger partial charge is 0.226 e. The van der Waals surface area contributed by atoms with Crippen LogP contribution in [0.1, 0.15) is 31.2 Å². The van der Waals surface area contributed by atoms with Gasteiger partial charge < -0.3 is 10.0 Å². The Labute approximate surface area is 108 Å². The van der Waals surface area contributed by atoms with E-state index in [-0.39, 0.29) is 5.91 Å². The summed E-state index contributed by atoms with van der Waals surface area (Å²) in [4.78, 5) is 17.6. The van der Waals surface area contributed by atoms with Crippen molar-refractivity contribution in [2.45, 2.75) is 37.7 Å². The summed E-state index contributed by atoms with van der Waals surface area (Å²) in [6.45, 7) is 0.441. The Balaban J connectivity index is 1.89. The average Bonchev–Trinajstić information content (AvgIpc) is 2.77. The van der Waals surface area contributed by atoms with Gasteiger partial charge in [0.05, 0.1) is 12.0 Å². The number of aliphatic hydroxyl groups is 1. The van der Waals surface area contributed by atoms with Crippen molar-refractivity contribution < 1.29 is 9.90 Å². The van der Waals surface area contributed by atoms with Gasteiger partial charge >= 0.3 is 0 Å². The number of carbonyl (C=O) groups excluding carboxylic acids is 1. The lowest BCUT2D eigenvalue weighted by Gasteiger charge is -2.28. The van der Waals surface area contributed by atoms with Crippen LogP contribution in [0.5, 0.6) is 0 Å². The predicted octanol–water partition coefficient (Wildman–Crippen LogP) is 1.39. The zero-order chi connectivity index (χ0) is 13.0. The first-order valence-corrected chi connectivity index (χ1v) is 6.44. The summed E-state index contributed by atoms with van der Waals surface area (Å²) in [7, 11) is 1.76. The highest BCUT2D eigenvalue weighted by atomic mass is 16.3. The topological polar surface area (TPSA) is 53.4 Å². The summed E-state index contributed by atoms with van der Waals surface area (Å²) in [5.41, 5.74) is 0.295. The number of hydrogen-bond donors (Lipinski definition) is 1. The van der Waals surface area contributed by atoms with Gasteiger partial charge in [0.25, 0.3) is 0 Å². The monoisotopic (exact) mass is 248 g/mol. The van der Waals surface area contributed by atoms with Crippen LogP contribution in [0.2, 0.25) is 0 Å². The molecule has 0 saturated heterocycles. The fourth-order valence-electron chi connectivity index (χ4n) is 2.53. The van der Waals surface area contributed by atoms with Gasteiger partial charge in [-0.05, 0) is 30.5 Å². The van der Waals surface area contributed by atoms with Gasteiger partial charge in [0.15, 0.2) is 0 Å². The van der Waals surface area contributed by atoms with Crippen LogP contribution in [0.3, 0.4) is 0 Å². The second-order valence-corrected chi connectivity index (χ2v) is 5.21. The maximum absolute atomic E-state index is 12.0. The van der Waals surface area contributed by atoms with Crippen molar-refractivity contribution in [3.63, 3.8) is 0 Å². The average molecular weight is 248 g/mol. The number of rotatable bonds is 4. The van der Waals surface area contributed by atoms with Gasteiger partial charge in [-0.25, -0.2) is 0 Å². The molecule has 0 aliphatic heterocycles. The second kappa shape index (κ2) is 5.48. The van der Waals surface area contributed by atoms with E-state index in [1.807, 2.05) is 12.1 Å². The van der Waals surface area contributed by atoms with Crippen molar-refractivity contribution in [1.29, 1.82) is 0 Å². The molecular weight excluding hydrogens is 228 g/mol. The Morgan fingerprint density at radius 2 is 2.00 bits per heavy atom. The molecule has 1 aromatic rings. The van der Waals surface area contributed by atoms with E-state index < -0.39 is 5.60 Å². The van der Waals surface area contributed by atoms with Crippen LogP contribution in [0.4, 0.5) is 0 Å². The molecule has 1 N–H and O–H groups in total. The van der Waals surface area contributed by atoms with Crippen LogP contribution in [0, 0.1) is 0 Å². The lowest BCUT2D eigenvalue weighted by Crippen LogP contribution is -2.42. The number of carbonyl (C=O) groups is 1. The molecule has 0 unspecified atom stereocenters. The third-order valence-corrected chi connectivity index (χ3v) is 3.60. The summed E-state index contributed by atoms with van der Waals surface area (Å²) >= 11 is 0. The highest BCUT2D eigenvalue weighted by Gasteiger charge is 2.33. The SMILES string of the molecule is CN(CC1(O)CCCC1)C(=O)Cc1ccncc1. The van der Waals surface area contributed by atoms with Crippen LogP contribution in [-0.4, -0.2) is 40.1 Å². The first-order chi connectivity index (χ1) is 8.59. The quantitative estimate of drug-likeness (QED) is 0.876. The van der Waals surface area contributed by atoms with Crippen molar-refractivity contribution in [3.8, 4) is 0 Å². The molecule has 1 heterocycles. The maximum Gasteiger partial charge on any atom is 0.226 e. The van der Waals surface area contributed by atoms with Crippen molar-refractivity contribution in [1.82, 2.24) is 9.88 Å². The van der Waals surface area contributed by atoms with E-state index in [0.29, 0.717) is 13.0 Å². The zero-order valence-corrected chi connectivity index (χ0v) is 10.8. The molecule has 1 aromatic heterocycles. The second-order valence-electron chi connectivity index (χ2n) is 5.21. The molecule has 98 valence electrons. The van der Waals surface area contributed by atoms with Crippen molar-refractivity contribution in [2.24, 2.45) is 0 Å². The first-order valence-electron chi connectivity index (χ1n) is 6.44. The van der Waals surface area contributed by atoms with E-state index in [9.17, 15) is 9.90 Å². The van der Waals surface area contributed by atoms with Crippen LogP contribution in [0.25, 0.3) is 0 Å². The van der Waals surface area contributed by atoms with Gasteiger partial charge in [-0.2, -0.15) is 0 Å². The number of hydrogen-bond acceptors (Lipinski definition) is 3. The minimum Gasteiger partial charge on any atom is -0.388 e. The van der Waals surface area contributed by atoms with Gasteiger partial charge in [0.2, 0.25) is 5.91 Å². The van der Waals surface area contributed by atoms with E-state index in [4.69, 9.17) is 0 Å². The molecule has 1 saturated carbocycles. The Bertz CT molecular complexity index is 400. The molecule has 0 bridgehead atoms. The molecule has 0 atom stereocenters. The lowest BCUT2D eigenvalue weighted by atomic mass is 10.0. The zero-order valence-electron chi connectivity index (χ0n) is 10.8. The van der Waals surface area contributed by atoms with Gasteiger partial charge in [-0.15, -0.1) is 0 Å². The lowest BCUT2D eigenvalue weighted by molar-refractivity contribution is -0.132. The molecule has 0 aromatic carbocycles. The predicted molar refractivity (Wildman–Crippen MR) is 69.0 cm³/mol. The Hall–Kier alpha value is -1.42. The van der Waals surface area contributed by atoms with Crippen molar-refractivity contribution >= 4 is 5.91 Å². The number of amides is 1. The summed E-state index contributed by atoms with van der Waals surface area (Å²) in [6, 6.07) is 3.69. The first kappa shape index (κ1) is 13.0. The number of pyridine rings is 1. The third-order valence-electron chi connectivity index (χ3n) is 3.60. The van der Waals surface area contributed by atoms with Crippen LogP contribution < -0.4 is 0 Å². The summed E-state index contributed by atoms with van der Waals surface area (Å²) in [5.74, 6) is 0.0431. The third kappa shape index (κ3) is 3.29. The minimum absolute atomic E-state index is 0.0431. The minimum atomic E-state index is -0.664. The molecular formula is C14H20N2O2. The molecule has 2 rings (SSSR count). The molecule has 1 aliphatic rings. The van der Waals surface area contributed by atoms with Gasteiger partial charge in [0.1, 0.15) is 0 Å². The largest absolute Gasteiger partial charge is 0.388 e. The van der Waals surface area contributed by atoms with E-state index in [1.165, 1.54) is 0 Å². The fraction of sp³-hybridized carbons (Fsp3) is 0.571. The highest BCUT2D eigenvalue weighted by molar-refractivity contribution is 5.78. The molecule has 4 heteroatoms. The molecule has 18 heavy (non-hydrogen) atoms. The highest BCUT2D eigenvalue weighted by Crippen LogP contribution is 2.29. The number of likely N-dealkylation sites (N-methyl/N-ethyl adjacent to an activating group) is 1. The summed E-state index contributed by atoms with van der Waals surface area (Å²) in [6.07, 6.45) is 7.47. The Morgan fingerprint density at radius 1 is 1.39 bits per heavy atom. The molecule has 1 aliphatic carbocycles. The Kier molecular flexibility index (Phi) is 3.97. The van der Waals surface area contributed by atoms with E-state index in [2.05, 4.69) is 4.98 Å². The van der Waals surface area contributed by atoms with Crippen molar-refractivity contribution in [2.75, 3.05) is 13.6 Å². The molecule has 1 amide bonds. The molecule has 0 spiro atoms. The molecule has 4 nitrogen and oxygen atoms in total. The summed E-state index contributed by atoms with van der Waals surface area (Å²) in [5, 5.41) is 10.3. The van der Waals surface area contributed by atoms with Crippen LogP contribution in [0.15, 0.2) is 24.5 Å². The number of nitrogens with zero attached hydrogens (tertiary/aromatic N) is 2. The number of aromatic nitrogens is 1. The van der Waals surface area contributed by atoms with E-state index in [1.54, 1.807) is 24.3 Å². The van der Waals surface area contributed by atoms with Gasteiger partial charge in [-0.3, -0.25) is 9.78 Å². The van der Waals surface area contributed by atoms with Gasteiger partial charge in [-0.1, -0.05) is 12.8 Å². The van der Waals surface area contributed by atoms with E-state index in [0.717, 1.165) is 31.2 Å². The Morgan fingerprint density at radius 3 is 2.61 bits per heavy atom. The van der Waals surface area contributed by atoms with Crippen LogP contribution >= 0.6 is 0 Å².